The molecule has 0 bridgehead atoms. The number of nitrogens with zero attached hydrogens (tertiary/aromatic N) is 3. The maximum atomic E-state index is 5.38. The highest BCUT2D eigenvalue weighted by Crippen LogP contribution is 2.50. The van der Waals surface area contributed by atoms with E-state index in [1.165, 1.54) is 37.2 Å². The molecule has 0 saturated heterocycles. The van der Waals surface area contributed by atoms with E-state index >= 15 is 0 Å². The van der Waals surface area contributed by atoms with Crippen LogP contribution in [0.15, 0.2) is 224 Å². The van der Waals surface area contributed by atoms with Crippen LogP contribution >= 0.6 is 11.3 Å². The molecule has 0 N–H and O–H groups in total. The molecule has 61 heavy (non-hydrogen) atoms. The van der Waals surface area contributed by atoms with E-state index in [1.54, 1.807) is 0 Å². The maximum absolute atomic E-state index is 5.38. The summed E-state index contributed by atoms with van der Waals surface area (Å²) in [5.41, 5.74) is 16.0. The van der Waals surface area contributed by atoms with E-state index in [4.69, 9.17) is 15.0 Å². The van der Waals surface area contributed by atoms with E-state index in [0.29, 0.717) is 5.82 Å². The number of aromatic nitrogens is 3. The van der Waals surface area contributed by atoms with Gasteiger partial charge in [-0.15, -0.1) is 11.3 Å². The molecule has 0 unspecified atom stereocenters. The molecule has 0 saturated carbocycles. The highest BCUT2D eigenvalue weighted by Gasteiger charge is 2.23. The Morgan fingerprint density at radius 3 is 1.43 bits per heavy atom. The Bertz CT molecular complexity index is 3320. The Morgan fingerprint density at radius 1 is 0.311 bits per heavy atom. The molecule has 286 valence electrons. The number of rotatable bonds is 8. The number of fused-ring (bicyclic) bond motifs is 3. The lowest BCUT2D eigenvalue weighted by molar-refractivity contribution is 1.18. The lowest BCUT2D eigenvalue weighted by Gasteiger charge is -2.13. The van der Waals surface area contributed by atoms with Crippen LogP contribution in [0.5, 0.6) is 0 Å². The topological polar surface area (TPSA) is 38.7 Å². The average molecular weight is 796 g/mol. The van der Waals surface area contributed by atoms with Crippen molar-refractivity contribution in [3.63, 3.8) is 0 Å². The van der Waals surface area contributed by atoms with Gasteiger partial charge in [0.05, 0.1) is 22.6 Å². The second kappa shape index (κ2) is 15.8. The summed E-state index contributed by atoms with van der Waals surface area (Å²) in [4.78, 5) is 16.9. The first-order valence-corrected chi connectivity index (χ1v) is 21.3. The summed E-state index contributed by atoms with van der Waals surface area (Å²) in [6.07, 6.45) is 0. The quantitative estimate of drug-likeness (QED) is 0.154. The lowest BCUT2D eigenvalue weighted by atomic mass is 9.92. The first kappa shape index (κ1) is 36.3. The SMILES string of the molecule is c1ccc(-c2cccc(-c3cc(-c4ccc(-c5sc6c(c(-c7ccccc7)nc7ccccc76)c5-c5cccc(-c6ccccc6)c5)cc4)nc(-c4ccccc4)n3)c2)cc1. The van der Waals surface area contributed by atoms with Crippen LogP contribution in [-0.2, 0) is 0 Å². The molecule has 0 spiro atoms. The molecule has 3 nitrogen and oxygen atoms in total. The Kier molecular flexibility index (Phi) is 9.38. The molecule has 3 heterocycles. The van der Waals surface area contributed by atoms with Crippen molar-refractivity contribution in [1.29, 1.82) is 0 Å². The first-order chi connectivity index (χ1) is 30.2. The number of benzene rings is 8. The molecule has 0 aliphatic carbocycles. The van der Waals surface area contributed by atoms with Crippen molar-refractivity contribution in [3.8, 4) is 89.0 Å². The van der Waals surface area contributed by atoms with Crippen LogP contribution < -0.4 is 0 Å². The van der Waals surface area contributed by atoms with Gasteiger partial charge in [-0.05, 0) is 57.6 Å². The standard InChI is InChI=1S/C57H37N3S/c1-5-17-38(18-6-1)44-25-15-27-46(35-44)51-37-50(59-57(60-51)43-23-11-4-12-24-43)40-31-33-42(34-32-40)55-52(47-28-16-26-45(36-47)39-19-7-2-8-20-39)53-54(41-21-9-3-10-22-41)58-49-30-14-13-29-48(49)56(53)61-55/h1-37H. The van der Waals surface area contributed by atoms with Crippen molar-refractivity contribution in [2.24, 2.45) is 0 Å². The van der Waals surface area contributed by atoms with E-state index in [9.17, 15) is 0 Å². The molecule has 8 aromatic carbocycles. The van der Waals surface area contributed by atoms with Crippen molar-refractivity contribution in [2.75, 3.05) is 0 Å². The Balaban J connectivity index is 1.09. The normalized spacial score (nSPS) is 11.3. The monoisotopic (exact) mass is 795 g/mol. The zero-order valence-corrected chi connectivity index (χ0v) is 33.9. The molecule has 0 radical (unpaired) electrons. The number of hydrogen-bond donors (Lipinski definition) is 0. The van der Waals surface area contributed by atoms with Crippen molar-refractivity contribution in [2.45, 2.75) is 0 Å². The smallest absolute Gasteiger partial charge is 0.160 e. The lowest BCUT2D eigenvalue weighted by Crippen LogP contribution is -1.96. The van der Waals surface area contributed by atoms with Crippen LogP contribution in [0.4, 0.5) is 0 Å². The van der Waals surface area contributed by atoms with Gasteiger partial charge in [-0.2, -0.15) is 0 Å². The van der Waals surface area contributed by atoms with Crippen LogP contribution in [0.1, 0.15) is 0 Å². The first-order valence-electron chi connectivity index (χ1n) is 20.5. The van der Waals surface area contributed by atoms with E-state index in [1.807, 2.05) is 35.6 Å². The molecule has 0 aliphatic rings. The van der Waals surface area contributed by atoms with E-state index in [-0.39, 0.29) is 0 Å². The molecule has 0 amide bonds. The predicted octanol–water partition coefficient (Wildman–Crippen LogP) is 15.6. The fourth-order valence-corrected chi connectivity index (χ4v) is 9.66. The van der Waals surface area contributed by atoms with E-state index in [2.05, 4.69) is 200 Å². The second-order valence-corrected chi connectivity index (χ2v) is 16.2. The number of hydrogen-bond acceptors (Lipinski definition) is 4. The summed E-state index contributed by atoms with van der Waals surface area (Å²) >= 11 is 1.85. The molecule has 0 atom stereocenters. The van der Waals surface area contributed by atoms with Crippen LogP contribution in [-0.4, -0.2) is 15.0 Å². The minimum Gasteiger partial charge on any atom is -0.247 e. The van der Waals surface area contributed by atoms with Crippen LogP contribution in [0.3, 0.4) is 0 Å². The molecule has 0 fully saturated rings. The Labute approximate surface area is 359 Å². The third kappa shape index (κ3) is 6.99. The molecule has 11 aromatic rings. The van der Waals surface area contributed by atoms with Gasteiger partial charge in [-0.3, -0.25) is 0 Å². The van der Waals surface area contributed by atoms with Gasteiger partial charge < -0.3 is 0 Å². The van der Waals surface area contributed by atoms with Crippen molar-refractivity contribution < 1.29 is 0 Å². The van der Waals surface area contributed by atoms with Gasteiger partial charge in [0.1, 0.15) is 0 Å². The van der Waals surface area contributed by atoms with Gasteiger partial charge in [0.2, 0.25) is 0 Å². The van der Waals surface area contributed by atoms with Crippen LogP contribution in [0.2, 0.25) is 0 Å². The minimum atomic E-state index is 0.695. The summed E-state index contributed by atoms with van der Waals surface area (Å²) in [5, 5.41) is 2.33. The van der Waals surface area contributed by atoms with Crippen molar-refractivity contribution in [1.82, 2.24) is 15.0 Å². The molecule has 0 aliphatic heterocycles. The average Bonchev–Trinajstić information content (AvgIpc) is 3.76. The van der Waals surface area contributed by atoms with Gasteiger partial charge in [0, 0.05) is 48.2 Å². The fourth-order valence-electron chi connectivity index (χ4n) is 8.30. The van der Waals surface area contributed by atoms with Gasteiger partial charge in [-0.25, -0.2) is 15.0 Å². The predicted molar refractivity (Wildman–Crippen MR) is 256 cm³/mol. The largest absolute Gasteiger partial charge is 0.247 e. The van der Waals surface area contributed by atoms with Crippen LogP contribution in [0.25, 0.3) is 110 Å². The molecular formula is C57H37N3S. The van der Waals surface area contributed by atoms with E-state index in [0.717, 1.165) is 66.9 Å². The van der Waals surface area contributed by atoms with E-state index < -0.39 is 0 Å². The summed E-state index contributed by atoms with van der Waals surface area (Å²) in [5.74, 6) is 0.695. The highest BCUT2D eigenvalue weighted by atomic mass is 32.1. The zero-order valence-electron chi connectivity index (χ0n) is 33.1. The molecule has 3 aromatic heterocycles. The number of para-hydroxylation sites is 1. The van der Waals surface area contributed by atoms with Gasteiger partial charge in [-0.1, -0.05) is 200 Å². The number of thiophene rings is 1. The second-order valence-electron chi connectivity index (χ2n) is 15.2. The van der Waals surface area contributed by atoms with Crippen LogP contribution in [0, 0.1) is 0 Å². The van der Waals surface area contributed by atoms with Gasteiger partial charge in [0.25, 0.3) is 0 Å². The number of pyridine rings is 1. The third-order valence-electron chi connectivity index (χ3n) is 11.3. The maximum Gasteiger partial charge on any atom is 0.160 e. The van der Waals surface area contributed by atoms with Crippen molar-refractivity contribution in [3.05, 3.63) is 224 Å². The molecule has 11 rings (SSSR count). The Hall–Kier alpha value is -7.79. The minimum absolute atomic E-state index is 0.695. The third-order valence-corrected chi connectivity index (χ3v) is 12.6. The summed E-state index contributed by atoms with van der Waals surface area (Å²) in [6, 6.07) is 79.1. The summed E-state index contributed by atoms with van der Waals surface area (Å²) < 4.78 is 1.23. The summed E-state index contributed by atoms with van der Waals surface area (Å²) in [6.45, 7) is 0. The van der Waals surface area contributed by atoms with Gasteiger partial charge in [0.15, 0.2) is 5.82 Å². The fraction of sp³-hybridized carbons (Fsp3) is 0. The Morgan fingerprint density at radius 2 is 0.787 bits per heavy atom. The molecule has 4 heteroatoms. The highest BCUT2D eigenvalue weighted by molar-refractivity contribution is 7.24. The summed E-state index contributed by atoms with van der Waals surface area (Å²) in [7, 11) is 0. The van der Waals surface area contributed by atoms with Gasteiger partial charge >= 0.3 is 0 Å². The zero-order chi connectivity index (χ0) is 40.5. The van der Waals surface area contributed by atoms with Crippen molar-refractivity contribution >= 4 is 32.3 Å². The molecular weight excluding hydrogens is 759 g/mol.